The van der Waals surface area contributed by atoms with Gasteiger partial charge < -0.3 is 11.1 Å². The molecule has 5 heteroatoms. The zero-order valence-electron chi connectivity index (χ0n) is 12.1. The second-order valence-electron chi connectivity index (χ2n) is 5.81. The van der Waals surface area contributed by atoms with Crippen LogP contribution in [0.3, 0.4) is 0 Å². The maximum atomic E-state index is 12.3. The van der Waals surface area contributed by atoms with E-state index >= 15 is 0 Å². The number of hydrogen-bond acceptors (Lipinski definition) is 3. The number of nitrogens with one attached hydrogen (secondary N) is 1. The third-order valence-electron chi connectivity index (χ3n) is 4.12. The molecule has 19 heavy (non-hydrogen) atoms. The molecule has 0 saturated heterocycles. The van der Waals surface area contributed by atoms with Crippen molar-refractivity contribution in [3.8, 4) is 0 Å². The molecular weight excluding hydrogens is 240 g/mol. The summed E-state index contributed by atoms with van der Waals surface area (Å²) >= 11 is 0. The summed E-state index contributed by atoms with van der Waals surface area (Å²) in [6.45, 7) is 5.23. The second kappa shape index (κ2) is 5.33. The van der Waals surface area contributed by atoms with Crippen molar-refractivity contribution in [2.45, 2.75) is 39.7 Å². The fraction of sp³-hybridized carbons (Fsp3) is 0.714. The van der Waals surface area contributed by atoms with E-state index in [4.69, 9.17) is 5.73 Å². The lowest BCUT2D eigenvalue weighted by molar-refractivity contribution is -0.138. The first-order valence-corrected chi connectivity index (χ1v) is 7.00. The minimum absolute atomic E-state index is 0.0963. The molecule has 1 aliphatic carbocycles. The highest BCUT2D eigenvalue weighted by atomic mass is 16.2. The molecule has 0 atom stereocenters. The smallest absolute Gasteiger partial charge is 0.227 e. The Labute approximate surface area is 114 Å². The van der Waals surface area contributed by atoms with Crippen molar-refractivity contribution in [1.82, 2.24) is 15.1 Å². The van der Waals surface area contributed by atoms with Gasteiger partial charge in [-0.15, -0.1) is 0 Å². The Hall–Kier alpha value is -1.36. The van der Waals surface area contributed by atoms with Gasteiger partial charge in [0, 0.05) is 31.9 Å². The van der Waals surface area contributed by atoms with E-state index in [9.17, 15) is 4.79 Å². The second-order valence-corrected chi connectivity index (χ2v) is 5.81. The Balaban J connectivity index is 1.96. The normalized spacial score (nSPS) is 26.0. The van der Waals surface area contributed by atoms with Crippen LogP contribution in [0.1, 0.15) is 37.9 Å². The van der Waals surface area contributed by atoms with Gasteiger partial charge in [0.15, 0.2) is 0 Å². The molecule has 0 aromatic carbocycles. The van der Waals surface area contributed by atoms with Crippen LogP contribution in [0, 0.1) is 11.3 Å². The molecule has 1 saturated carbocycles. The summed E-state index contributed by atoms with van der Waals surface area (Å²) in [6, 6.07) is 0. The molecule has 106 valence electrons. The van der Waals surface area contributed by atoms with E-state index in [1.807, 2.05) is 13.2 Å². The van der Waals surface area contributed by atoms with E-state index in [1.165, 1.54) is 0 Å². The Bertz CT molecular complexity index is 460. The number of carbonyl (C=O) groups is 1. The van der Waals surface area contributed by atoms with Crippen LogP contribution in [-0.4, -0.2) is 22.2 Å². The zero-order chi connectivity index (χ0) is 14.0. The summed E-state index contributed by atoms with van der Waals surface area (Å²) in [4.78, 5) is 12.3. The van der Waals surface area contributed by atoms with E-state index in [0.29, 0.717) is 19.0 Å². The van der Waals surface area contributed by atoms with Gasteiger partial charge in [0.2, 0.25) is 5.91 Å². The molecule has 0 radical (unpaired) electrons. The molecule has 3 N–H and O–H groups in total. The molecule has 1 aromatic rings. The quantitative estimate of drug-likeness (QED) is 0.832. The summed E-state index contributed by atoms with van der Waals surface area (Å²) in [5, 5.41) is 7.41. The lowest BCUT2D eigenvalue weighted by atomic mass is 9.62. The highest BCUT2D eigenvalue weighted by Gasteiger charge is 2.46. The van der Waals surface area contributed by atoms with E-state index in [-0.39, 0.29) is 11.3 Å². The van der Waals surface area contributed by atoms with Crippen molar-refractivity contribution in [3.05, 3.63) is 17.5 Å². The van der Waals surface area contributed by atoms with Gasteiger partial charge in [-0.3, -0.25) is 9.48 Å². The van der Waals surface area contributed by atoms with Crippen LogP contribution in [0.25, 0.3) is 0 Å². The number of aromatic nitrogens is 2. The summed E-state index contributed by atoms with van der Waals surface area (Å²) < 4.78 is 1.80. The number of aryl methyl sites for hydroxylation is 2. The van der Waals surface area contributed by atoms with Crippen molar-refractivity contribution in [2.75, 3.05) is 6.54 Å². The van der Waals surface area contributed by atoms with Crippen LogP contribution in [0.5, 0.6) is 0 Å². The average molecular weight is 264 g/mol. The summed E-state index contributed by atoms with van der Waals surface area (Å²) in [7, 11) is 1.90. The Kier molecular flexibility index (Phi) is 3.94. The maximum absolute atomic E-state index is 12.3. The molecule has 1 amide bonds. The predicted octanol–water partition coefficient (Wildman–Crippen LogP) is 0.974. The molecule has 0 spiro atoms. The van der Waals surface area contributed by atoms with E-state index in [1.54, 1.807) is 4.68 Å². The van der Waals surface area contributed by atoms with Gasteiger partial charge in [-0.1, -0.05) is 13.8 Å². The number of nitrogens with two attached hydrogens (primary N) is 1. The van der Waals surface area contributed by atoms with Gasteiger partial charge in [-0.05, 0) is 25.2 Å². The molecule has 0 aliphatic heterocycles. The number of hydrogen-bond donors (Lipinski definition) is 2. The van der Waals surface area contributed by atoms with Gasteiger partial charge >= 0.3 is 0 Å². The van der Waals surface area contributed by atoms with Crippen molar-refractivity contribution in [3.63, 3.8) is 0 Å². The molecular formula is C14H24N4O. The molecule has 0 bridgehead atoms. The molecule has 1 heterocycles. The fourth-order valence-corrected chi connectivity index (χ4v) is 3.11. The fourth-order valence-electron chi connectivity index (χ4n) is 3.11. The molecule has 2 rings (SSSR count). The lowest BCUT2D eigenvalue weighted by Crippen LogP contribution is -2.53. The largest absolute Gasteiger partial charge is 0.351 e. The highest BCUT2D eigenvalue weighted by Crippen LogP contribution is 2.44. The van der Waals surface area contributed by atoms with E-state index in [0.717, 1.165) is 30.5 Å². The van der Waals surface area contributed by atoms with Gasteiger partial charge in [-0.2, -0.15) is 5.10 Å². The van der Waals surface area contributed by atoms with E-state index < -0.39 is 0 Å². The van der Waals surface area contributed by atoms with Crippen LogP contribution in [0.2, 0.25) is 0 Å². The minimum atomic E-state index is -0.325. The highest BCUT2D eigenvalue weighted by molar-refractivity contribution is 5.83. The Morgan fingerprint density at radius 3 is 2.84 bits per heavy atom. The SMILES string of the molecule is CCc1nn(C)cc1CNC(=O)C1(CN)CC(C)C1. The number of nitrogens with zero attached hydrogens (tertiary/aromatic N) is 2. The van der Waals surface area contributed by atoms with Gasteiger partial charge in [0.05, 0.1) is 11.1 Å². The van der Waals surface area contributed by atoms with Crippen molar-refractivity contribution in [2.24, 2.45) is 24.1 Å². The minimum Gasteiger partial charge on any atom is -0.351 e. The summed E-state index contributed by atoms with van der Waals surface area (Å²) in [6.07, 6.45) is 4.66. The summed E-state index contributed by atoms with van der Waals surface area (Å²) in [5.74, 6) is 0.706. The Morgan fingerprint density at radius 2 is 2.32 bits per heavy atom. The zero-order valence-corrected chi connectivity index (χ0v) is 12.1. The third kappa shape index (κ3) is 2.66. The average Bonchev–Trinajstić information content (AvgIpc) is 2.72. The Morgan fingerprint density at radius 1 is 1.63 bits per heavy atom. The molecule has 0 unspecified atom stereocenters. The van der Waals surface area contributed by atoms with Crippen LogP contribution < -0.4 is 11.1 Å². The van der Waals surface area contributed by atoms with Crippen molar-refractivity contribution >= 4 is 5.91 Å². The first-order valence-electron chi connectivity index (χ1n) is 7.00. The third-order valence-corrected chi connectivity index (χ3v) is 4.12. The first-order chi connectivity index (χ1) is 9.00. The van der Waals surface area contributed by atoms with Gasteiger partial charge in [0.1, 0.15) is 0 Å². The number of amides is 1. The monoisotopic (exact) mass is 264 g/mol. The maximum Gasteiger partial charge on any atom is 0.227 e. The predicted molar refractivity (Wildman–Crippen MR) is 74.3 cm³/mol. The first kappa shape index (κ1) is 14.1. The van der Waals surface area contributed by atoms with Crippen molar-refractivity contribution < 1.29 is 4.79 Å². The van der Waals surface area contributed by atoms with Crippen molar-refractivity contribution in [1.29, 1.82) is 0 Å². The molecule has 1 aromatic heterocycles. The number of rotatable bonds is 5. The molecule has 1 fully saturated rings. The number of carbonyl (C=O) groups excluding carboxylic acids is 1. The topological polar surface area (TPSA) is 72.9 Å². The molecule has 5 nitrogen and oxygen atoms in total. The van der Waals surface area contributed by atoms with Crippen LogP contribution in [0.4, 0.5) is 0 Å². The van der Waals surface area contributed by atoms with Gasteiger partial charge in [-0.25, -0.2) is 0 Å². The van der Waals surface area contributed by atoms with E-state index in [2.05, 4.69) is 24.3 Å². The van der Waals surface area contributed by atoms with Gasteiger partial charge in [0.25, 0.3) is 0 Å². The summed E-state index contributed by atoms with van der Waals surface area (Å²) in [5.41, 5.74) is 7.60. The standard InChI is InChI=1S/C14H24N4O/c1-4-12-11(8-18(3)17-12)7-16-13(19)14(9-15)5-10(2)6-14/h8,10H,4-7,9,15H2,1-3H3,(H,16,19). The van der Waals surface area contributed by atoms with Crippen LogP contribution in [-0.2, 0) is 24.8 Å². The van der Waals surface area contributed by atoms with Crippen LogP contribution >= 0.6 is 0 Å². The lowest BCUT2D eigenvalue weighted by Gasteiger charge is -2.44. The van der Waals surface area contributed by atoms with Crippen LogP contribution in [0.15, 0.2) is 6.20 Å². The molecule has 1 aliphatic rings.